The minimum atomic E-state index is 1.06. The van der Waals surface area contributed by atoms with Crippen molar-refractivity contribution in [1.82, 2.24) is 0 Å². The zero-order valence-corrected chi connectivity index (χ0v) is 23.6. The molecule has 0 aromatic heterocycles. The van der Waals surface area contributed by atoms with Crippen molar-refractivity contribution in [2.24, 2.45) is 0 Å². The highest BCUT2D eigenvalue weighted by Gasteiger charge is 2.19. The van der Waals surface area contributed by atoms with Gasteiger partial charge in [0.15, 0.2) is 0 Å². The van der Waals surface area contributed by atoms with Crippen LogP contribution < -0.4 is 5.32 Å². The maximum absolute atomic E-state index is 3.74. The van der Waals surface area contributed by atoms with Gasteiger partial charge in [-0.15, -0.1) is 0 Å². The molecule has 43 heavy (non-hydrogen) atoms. The molecule has 0 atom stereocenters. The minimum Gasteiger partial charge on any atom is -0.355 e. The van der Waals surface area contributed by atoms with Crippen molar-refractivity contribution in [1.29, 1.82) is 0 Å². The zero-order valence-electron chi connectivity index (χ0n) is 23.6. The van der Waals surface area contributed by atoms with Crippen LogP contribution in [0.3, 0.4) is 0 Å². The van der Waals surface area contributed by atoms with E-state index in [0.717, 1.165) is 11.4 Å². The third kappa shape index (κ3) is 4.59. The normalized spacial score (nSPS) is 11.8. The van der Waals surface area contributed by atoms with E-state index in [-0.39, 0.29) is 0 Å². The first-order valence-corrected chi connectivity index (χ1v) is 14.7. The lowest BCUT2D eigenvalue weighted by Crippen LogP contribution is -1.95. The van der Waals surface area contributed by atoms with Crippen molar-refractivity contribution >= 4 is 45.1 Å². The van der Waals surface area contributed by atoms with Crippen LogP contribution in [-0.4, -0.2) is 0 Å². The summed E-state index contributed by atoms with van der Waals surface area (Å²) in [6, 6.07) is 52.2. The smallest absolute Gasteiger partial charge is 0.111 e. The van der Waals surface area contributed by atoms with Crippen LogP contribution in [0.4, 0.5) is 11.4 Å². The van der Waals surface area contributed by atoms with Gasteiger partial charge in [0.2, 0.25) is 0 Å². The van der Waals surface area contributed by atoms with E-state index in [9.17, 15) is 0 Å². The standard InChI is InChI=1S/C42H28N/c1-2-11-29(12-3-1)30-21-23-31(24-22-30)32-14-10-15-34(27-32)43-42-26-25-39(37-18-8-9-20-40(37)42)41-28-33-13-4-5-16-35(33)36-17-6-7-19-38(36)41/h1-4,6-28,43H/q+1. The highest BCUT2D eigenvalue weighted by atomic mass is 14.9. The number of benzene rings is 7. The second kappa shape index (κ2) is 10.6. The molecule has 1 nitrogen and oxygen atoms in total. The van der Waals surface area contributed by atoms with Crippen LogP contribution in [0.25, 0.3) is 67.1 Å². The number of fused-ring (bicyclic) bond motifs is 4. The van der Waals surface area contributed by atoms with E-state index in [1.54, 1.807) is 0 Å². The summed E-state index contributed by atoms with van der Waals surface area (Å²) in [6.07, 6.45) is 9.51. The molecule has 1 heteroatoms. The molecular weight excluding hydrogens is 518 g/mol. The molecule has 0 saturated heterocycles. The fourth-order valence-corrected chi connectivity index (χ4v) is 6.27. The van der Waals surface area contributed by atoms with E-state index in [1.807, 2.05) is 6.08 Å². The Bertz CT molecular complexity index is 2180. The molecule has 7 aromatic carbocycles. The topological polar surface area (TPSA) is 12.0 Å². The van der Waals surface area contributed by atoms with Crippen molar-refractivity contribution in [3.63, 3.8) is 0 Å². The summed E-state index contributed by atoms with van der Waals surface area (Å²) in [5.74, 6) is 0. The molecular formula is C42H28N+. The first-order valence-electron chi connectivity index (χ1n) is 14.7. The Labute approximate surface area is 252 Å². The van der Waals surface area contributed by atoms with Gasteiger partial charge in [0.25, 0.3) is 0 Å². The predicted molar refractivity (Wildman–Crippen MR) is 184 cm³/mol. The molecule has 200 valence electrons. The van der Waals surface area contributed by atoms with E-state index in [4.69, 9.17) is 0 Å². The lowest BCUT2D eigenvalue weighted by Gasteiger charge is -2.16. The quantitative estimate of drug-likeness (QED) is 0.212. The molecule has 0 saturated carbocycles. The van der Waals surface area contributed by atoms with Crippen LogP contribution in [0.5, 0.6) is 0 Å². The van der Waals surface area contributed by atoms with Gasteiger partial charge in [-0.05, 0) is 69.1 Å². The maximum atomic E-state index is 3.74. The number of rotatable bonds is 5. The Kier molecular flexibility index (Phi) is 6.15. The van der Waals surface area contributed by atoms with Crippen molar-refractivity contribution < 1.29 is 0 Å². The maximum Gasteiger partial charge on any atom is 0.111 e. The van der Waals surface area contributed by atoms with Gasteiger partial charge < -0.3 is 5.32 Å². The molecule has 1 aliphatic carbocycles. The lowest BCUT2D eigenvalue weighted by molar-refractivity contribution is 1.55. The molecule has 7 aromatic rings. The van der Waals surface area contributed by atoms with Gasteiger partial charge in [-0.25, -0.2) is 0 Å². The van der Waals surface area contributed by atoms with Crippen molar-refractivity contribution in [2.75, 3.05) is 5.32 Å². The van der Waals surface area contributed by atoms with Crippen LogP contribution in [0.1, 0.15) is 11.1 Å². The summed E-state index contributed by atoms with van der Waals surface area (Å²) in [6.45, 7) is 0. The Morgan fingerprint density at radius 3 is 1.86 bits per heavy atom. The third-order valence-corrected chi connectivity index (χ3v) is 8.39. The number of anilines is 2. The first-order chi connectivity index (χ1) is 21.3. The molecule has 0 spiro atoms. The highest BCUT2D eigenvalue weighted by Crippen LogP contribution is 2.41. The van der Waals surface area contributed by atoms with Crippen molar-refractivity contribution in [3.8, 4) is 33.4 Å². The van der Waals surface area contributed by atoms with Crippen LogP contribution in [0, 0.1) is 6.08 Å². The average molecular weight is 547 g/mol. The highest BCUT2D eigenvalue weighted by molar-refractivity contribution is 6.11. The largest absolute Gasteiger partial charge is 0.355 e. The Hall–Kier alpha value is -5.75. The SMILES string of the molecule is [C+]1=Cc2c(cc(-c3ccc(Nc4cccc(-c5ccc(-c6ccccc6)cc5)c4)c4ccccc34)c3ccccc23)C=C1. The summed E-state index contributed by atoms with van der Waals surface area (Å²) < 4.78 is 0. The van der Waals surface area contributed by atoms with Crippen LogP contribution in [-0.2, 0) is 0 Å². The average Bonchev–Trinajstić information content (AvgIpc) is 3.09. The molecule has 0 fully saturated rings. The van der Waals surface area contributed by atoms with E-state index in [2.05, 4.69) is 169 Å². The molecule has 0 amide bonds. The second-order valence-corrected chi connectivity index (χ2v) is 11.0. The van der Waals surface area contributed by atoms with Gasteiger partial charge in [-0.3, -0.25) is 0 Å². The molecule has 0 heterocycles. The second-order valence-electron chi connectivity index (χ2n) is 11.0. The van der Waals surface area contributed by atoms with Gasteiger partial charge >= 0.3 is 0 Å². The summed E-state index contributed by atoms with van der Waals surface area (Å²) in [5.41, 5.74) is 11.9. The van der Waals surface area contributed by atoms with Gasteiger partial charge in [-0.2, -0.15) is 0 Å². The molecule has 1 aliphatic rings. The molecule has 0 aliphatic heterocycles. The Morgan fingerprint density at radius 2 is 1.07 bits per heavy atom. The fourth-order valence-electron chi connectivity index (χ4n) is 6.27. The number of nitrogens with one attached hydrogen (secondary N) is 1. The van der Waals surface area contributed by atoms with Crippen LogP contribution in [0.15, 0.2) is 152 Å². The molecule has 8 rings (SSSR count). The first kappa shape index (κ1) is 25.0. The monoisotopic (exact) mass is 546 g/mol. The summed E-state index contributed by atoms with van der Waals surface area (Å²) >= 11 is 0. The third-order valence-electron chi connectivity index (χ3n) is 8.39. The van der Waals surface area contributed by atoms with Crippen molar-refractivity contribution in [2.45, 2.75) is 0 Å². The molecule has 0 radical (unpaired) electrons. The lowest BCUT2D eigenvalue weighted by atomic mass is 9.87. The van der Waals surface area contributed by atoms with E-state index >= 15 is 0 Å². The summed E-state index contributed by atoms with van der Waals surface area (Å²) in [7, 11) is 0. The Balaban J connectivity index is 1.17. The predicted octanol–water partition coefficient (Wildman–Crippen LogP) is 11.6. The summed E-state index contributed by atoms with van der Waals surface area (Å²) in [4.78, 5) is 0. The van der Waals surface area contributed by atoms with Gasteiger partial charge in [-0.1, -0.05) is 115 Å². The zero-order chi connectivity index (χ0) is 28.6. The molecule has 0 bridgehead atoms. The van der Waals surface area contributed by atoms with Crippen molar-refractivity contribution in [3.05, 3.63) is 169 Å². The van der Waals surface area contributed by atoms with Gasteiger partial charge in [0, 0.05) is 33.6 Å². The summed E-state index contributed by atoms with van der Waals surface area (Å²) in [5, 5.41) is 8.67. The molecule has 0 unspecified atom stereocenters. The van der Waals surface area contributed by atoms with E-state index < -0.39 is 0 Å². The number of hydrogen-bond donors (Lipinski definition) is 1. The molecule has 1 N–H and O–H groups in total. The van der Waals surface area contributed by atoms with Crippen LogP contribution in [0.2, 0.25) is 0 Å². The number of allylic oxidation sites excluding steroid dienone is 2. The van der Waals surface area contributed by atoms with Crippen LogP contribution >= 0.6 is 0 Å². The van der Waals surface area contributed by atoms with E-state index in [0.29, 0.717) is 0 Å². The Morgan fingerprint density at radius 1 is 0.442 bits per heavy atom. The fraction of sp³-hybridized carbons (Fsp3) is 0. The van der Waals surface area contributed by atoms with Gasteiger partial charge in [0.1, 0.15) is 17.7 Å². The minimum absolute atomic E-state index is 1.06. The van der Waals surface area contributed by atoms with E-state index in [1.165, 1.54) is 66.1 Å². The number of hydrogen-bond acceptors (Lipinski definition) is 1. The van der Waals surface area contributed by atoms with Gasteiger partial charge in [0.05, 0.1) is 11.6 Å².